The van der Waals surface area contributed by atoms with Gasteiger partial charge in [-0.25, -0.2) is 4.98 Å². The Bertz CT molecular complexity index is 1350. The summed E-state index contributed by atoms with van der Waals surface area (Å²) in [4.78, 5) is 12.7. The van der Waals surface area contributed by atoms with Gasteiger partial charge in [0, 0.05) is 77.2 Å². The number of hydrogen-bond donors (Lipinski definition) is 0. The molecule has 2 aliphatic heterocycles. The van der Waals surface area contributed by atoms with Crippen molar-refractivity contribution < 1.29 is 14.2 Å². The normalized spacial score (nSPS) is 18.0. The summed E-state index contributed by atoms with van der Waals surface area (Å²) in [5.41, 5.74) is 2.77. The SMILES string of the molecule is C=C(CCOCCCCCCCCCCCOCCCCCCCCCCCC)OCC1CN(C2CCN(c3ccccn3)CC2)C(Cc2ccc(C)cc2)CN1CC(C)C. The number of ether oxygens (including phenoxy) is 3. The number of anilines is 1. The Morgan fingerprint density at radius 3 is 1.79 bits per heavy atom. The first kappa shape index (κ1) is 51.2. The third kappa shape index (κ3) is 22.1. The molecule has 0 radical (unpaired) electrons. The van der Waals surface area contributed by atoms with Gasteiger partial charge in [-0.3, -0.25) is 9.80 Å². The predicted molar refractivity (Wildman–Crippen MR) is 260 cm³/mol. The van der Waals surface area contributed by atoms with E-state index in [-0.39, 0.29) is 0 Å². The van der Waals surface area contributed by atoms with Gasteiger partial charge in [0.05, 0.1) is 18.4 Å². The molecule has 2 aromatic rings. The quantitative estimate of drug-likeness (QED) is 0.0506. The van der Waals surface area contributed by atoms with Gasteiger partial charge in [-0.1, -0.05) is 166 Å². The number of aryl methyl sites for hydroxylation is 1. The Kier molecular flexibility index (Phi) is 27.1. The molecule has 1 aromatic carbocycles. The molecule has 0 N–H and O–H groups in total. The van der Waals surface area contributed by atoms with Crippen molar-refractivity contribution in [2.45, 2.75) is 193 Å². The summed E-state index contributed by atoms with van der Waals surface area (Å²) in [6, 6.07) is 16.9. The number of unbranched alkanes of at least 4 members (excludes halogenated alkanes) is 17. The van der Waals surface area contributed by atoms with E-state index in [1.807, 2.05) is 12.3 Å². The molecular formula is C54H92N4O3. The maximum Gasteiger partial charge on any atom is 0.128 e. The van der Waals surface area contributed by atoms with Gasteiger partial charge in [-0.2, -0.15) is 0 Å². The molecule has 0 spiro atoms. The van der Waals surface area contributed by atoms with Crippen molar-refractivity contribution in [3.8, 4) is 0 Å². The lowest BCUT2D eigenvalue weighted by molar-refractivity contribution is -0.0329. The Labute approximate surface area is 375 Å². The Morgan fingerprint density at radius 1 is 0.689 bits per heavy atom. The lowest BCUT2D eigenvalue weighted by Crippen LogP contribution is -2.64. The van der Waals surface area contributed by atoms with Gasteiger partial charge >= 0.3 is 0 Å². The van der Waals surface area contributed by atoms with Crippen molar-refractivity contribution in [2.75, 3.05) is 70.7 Å². The van der Waals surface area contributed by atoms with Gasteiger partial charge in [0.25, 0.3) is 0 Å². The first-order chi connectivity index (χ1) is 29.9. The van der Waals surface area contributed by atoms with Crippen molar-refractivity contribution in [1.29, 1.82) is 0 Å². The number of hydrogen-bond acceptors (Lipinski definition) is 7. The van der Waals surface area contributed by atoms with Gasteiger partial charge in [0.15, 0.2) is 0 Å². The summed E-state index contributed by atoms with van der Waals surface area (Å²) in [6.45, 7) is 23.0. The monoisotopic (exact) mass is 845 g/mol. The van der Waals surface area contributed by atoms with Gasteiger partial charge < -0.3 is 19.1 Å². The predicted octanol–water partition coefficient (Wildman–Crippen LogP) is 13.0. The van der Waals surface area contributed by atoms with Crippen LogP contribution in [0.3, 0.4) is 0 Å². The number of rotatable bonds is 35. The second-order valence-corrected chi connectivity index (χ2v) is 19.1. The fourth-order valence-electron chi connectivity index (χ4n) is 9.49. The summed E-state index contributed by atoms with van der Waals surface area (Å²) >= 11 is 0. The average Bonchev–Trinajstić information content (AvgIpc) is 3.27. The minimum absolute atomic E-state index is 0.348. The second kappa shape index (κ2) is 32.2. The number of aromatic nitrogens is 1. The molecule has 0 saturated carbocycles. The lowest BCUT2D eigenvalue weighted by atomic mass is 9.93. The Balaban J connectivity index is 1.03. The van der Waals surface area contributed by atoms with Crippen LogP contribution in [0.5, 0.6) is 0 Å². The Hall–Kier alpha value is -2.45. The second-order valence-electron chi connectivity index (χ2n) is 19.1. The topological polar surface area (TPSA) is 50.3 Å². The molecule has 2 unspecified atom stereocenters. The zero-order chi connectivity index (χ0) is 43.2. The van der Waals surface area contributed by atoms with Gasteiger partial charge in [-0.05, 0) is 69.1 Å². The van der Waals surface area contributed by atoms with Crippen LogP contribution in [0.2, 0.25) is 0 Å². The number of nitrogens with zero attached hydrogens (tertiary/aromatic N) is 4. The van der Waals surface area contributed by atoms with Crippen molar-refractivity contribution in [3.63, 3.8) is 0 Å². The van der Waals surface area contributed by atoms with Crippen molar-refractivity contribution in [3.05, 3.63) is 72.1 Å². The smallest absolute Gasteiger partial charge is 0.128 e. The molecule has 7 nitrogen and oxygen atoms in total. The largest absolute Gasteiger partial charge is 0.497 e. The highest BCUT2D eigenvalue weighted by Gasteiger charge is 2.39. The molecular weight excluding hydrogens is 753 g/mol. The molecule has 3 heterocycles. The van der Waals surface area contributed by atoms with Gasteiger partial charge in [0.1, 0.15) is 12.4 Å². The van der Waals surface area contributed by atoms with Crippen LogP contribution in [0.25, 0.3) is 0 Å². The molecule has 4 rings (SSSR count). The van der Waals surface area contributed by atoms with Crippen LogP contribution in [-0.2, 0) is 20.6 Å². The number of benzene rings is 1. The average molecular weight is 845 g/mol. The summed E-state index contributed by atoms with van der Waals surface area (Å²) in [6.07, 6.45) is 31.7. The molecule has 0 amide bonds. The van der Waals surface area contributed by atoms with E-state index in [0.29, 0.717) is 37.3 Å². The highest BCUT2D eigenvalue weighted by atomic mass is 16.5. The molecule has 0 aliphatic carbocycles. The molecule has 346 valence electrons. The number of pyridine rings is 1. The van der Waals surface area contributed by atoms with Gasteiger partial charge in [-0.15, -0.1) is 0 Å². The third-order valence-electron chi connectivity index (χ3n) is 13.2. The van der Waals surface area contributed by atoms with Crippen LogP contribution in [0.15, 0.2) is 61.0 Å². The minimum atomic E-state index is 0.348. The minimum Gasteiger partial charge on any atom is -0.497 e. The van der Waals surface area contributed by atoms with E-state index >= 15 is 0 Å². The summed E-state index contributed by atoms with van der Waals surface area (Å²) in [7, 11) is 0. The van der Waals surface area contributed by atoms with Crippen LogP contribution in [0.4, 0.5) is 5.82 Å². The molecule has 2 saturated heterocycles. The fourth-order valence-corrected chi connectivity index (χ4v) is 9.49. The maximum absolute atomic E-state index is 6.46. The van der Waals surface area contributed by atoms with E-state index in [2.05, 4.69) is 90.4 Å². The fraction of sp³-hybridized carbons (Fsp3) is 0.759. The number of piperazine rings is 1. The van der Waals surface area contributed by atoms with E-state index in [4.69, 9.17) is 14.2 Å². The third-order valence-corrected chi connectivity index (χ3v) is 13.2. The summed E-state index contributed by atoms with van der Waals surface area (Å²) in [5, 5.41) is 0. The molecule has 0 bridgehead atoms. The maximum atomic E-state index is 6.46. The van der Waals surface area contributed by atoms with Gasteiger partial charge in [0.2, 0.25) is 0 Å². The zero-order valence-corrected chi connectivity index (χ0v) is 40.0. The molecule has 2 aliphatic rings. The van der Waals surface area contributed by atoms with Crippen LogP contribution in [-0.4, -0.2) is 98.7 Å². The molecule has 2 fully saturated rings. The molecule has 1 aromatic heterocycles. The summed E-state index contributed by atoms with van der Waals surface area (Å²) < 4.78 is 18.4. The highest BCUT2D eigenvalue weighted by molar-refractivity contribution is 5.38. The molecule has 2 atom stereocenters. The van der Waals surface area contributed by atoms with Crippen LogP contribution < -0.4 is 4.90 Å². The van der Waals surface area contributed by atoms with Crippen LogP contribution >= 0.6 is 0 Å². The lowest BCUT2D eigenvalue weighted by Gasteiger charge is -2.51. The summed E-state index contributed by atoms with van der Waals surface area (Å²) in [5.74, 6) is 2.57. The van der Waals surface area contributed by atoms with Crippen molar-refractivity contribution >= 4 is 5.82 Å². The first-order valence-corrected chi connectivity index (χ1v) is 25.6. The van der Waals surface area contributed by atoms with Crippen LogP contribution in [0, 0.1) is 12.8 Å². The van der Waals surface area contributed by atoms with E-state index < -0.39 is 0 Å². The standard InChI is InChI=1S/C54H92N4O3/c1-6-7-8-9-10-11-13-16-19-24-38-59-39-25-20-17-14-12-15-18-21-26-40-60-41-34-49(5)61-46-53-45-58(51-32-36-56(37-33-51)54-27-22-23-35-55-54)52(44-57(53)43-47(2)3)42-50-30-28-48(4)29-31-50/h22-23,27-31,35,47,51-53H,5-21,24-26,32-34,36-46H2,1-4H3. The number of piperidine rings is 1. The molecule has 7 heteroatoms. The Morgan fingerprint density at radius 2 is 1.25 bits per heavy atom. The van der Waals surface area contributed by atoms with E-state index in [9.17, 15) is 0 Å². The van der Waals surface area contributed by atoms with E-state index in [1.165, 1.54) is 140 Å². The van der Waals surface area contributed by atoms with E-state index in [0.717, 1.165) is 83.4 Å². The van der Waals surface area contributed by atoms with Crippen molar-refractivity contribution in [1.82, 2.24) is 14.8 Å². The van der Waals surface area contributed by atoms with Crippen LogP contribution in [0.1, 0.15) is 173 Å². The first-order valence-electron chi connectivity index (χ1n) is 25.6. The van der Waals surface area contributed by atoms with E-state index in [1.54, 1.807) is 0 Å². The molecule has 61 heavy (non-hydrogen) atoms. The highest BCUT2D eigenvalue weighted by Crippen LogP contribution is 2.29. The van der Waals surface area contributed by atoms with Crippen molar-refractivity contribution in [2.24, 2.45) is 5.92 Å². The zero-order valence-electron chi connectivity index (χ0n) is 40.0.